The van der Waals surface area contributed by atoms with Crippen LogP contribution in [-0.4, -0.2) is 30.3 Å². The van der Waals surface area contributed by atoms with Crippen molar-refractivity contribution in [2.24, 2.45) is 0 Å². The molecule has 0 amide bonds. The molecule has 166 valence electrons. The number of sulfonamides is 1. The van der Waals surface area contributed by atoms with Crippen LogP contribution >= 0.6 is 0 Å². The highest BCUT2D eigenvalue weighted by Crippen LogP contribution is 2.34. The van der Waals surface area contributed by atoms with Crippen molar-refractivity contribution in [3.8, 4) is 5.75 Å². The summed E-state index contributed by atoms with van der Waals surface area (Å²) in [6, 6.07) is 25.3. The molecule has 0 saturated heterocycles. The predicted octanol–water partition coefficient (Wildman–Crippen LogP) is 4.14. The van der Waals surface area contributed by atoms with Crippen LogP contribution in [0.5, 0.6) is 5.75 Å². The Morgan fingerprint density at radius 3 is 2.27 bits per heavy atom. The first-order valence-electron chi connectivity index (χ1n) is 10.3. The number of nitrogens with one attached hydrogen (secondary N) is 2. The minimum atomic E-state index is -3.82. The maximum atomic E-state index is 12.8. The van der Waals surface area contributed by atoms with Gasteiger partial charge in [0.2, 0.25) is 5.95 Å². The second-order valence-electron chi connectivity index (χ2n) is 7.41. The fourth-order valence-corrected chi connectivity index (χ4v) is 4.60. The van der Waals surface area contributed by atoms with Crippen molar-refractivity contribution in [2.45, 2.75) is 10.9 Å². The van der Waals surface area contributed by atoms with E-state index in [1.165, 1.54) is 12.1 Å². The lowest BCUT2D eigenvalue weighted by atomic mass is 10.0. The Bertz CT molecular complexity index is 1400. The van der Waals surface area contributed by atoms with E-state index >= 15 is 0 Å². The summed E-state index contributed by atoms with van der Waals surface area (Å²) in [5, 5.41) is 7.74. The standard InChI is InChI=1S/C24H21N5O3S/c1-32-19-14-12-18(13-15-19)22-16-21(17-8-4-2-5-9-17)25-24-26-23(27-29(22)24)28-33(30,31)20-10-6-3-7-11-20/h2-16,22H,1H3,(H2,25,26,27,28)/t22-/m1/s1. The van der Waals surface area contributed by atoms with Gasteiger partial charge in [-0.15, -0.1) is 5.10 Å². The molecule has 3 aromatic carbocycles. The molecule has 0 saturated carbocycles. The van der Waals surface area contributed by atoms with E-state index in [-0.39, 0.29) is 16.9 Å². The summed E-state index contributed by atoms with van der Waals surface area (Å²) in [6.45, 7) is 0. The molecule has 0 unspecified atom stereocenters. The van der Waals surface area contributed by atoms with E-state index in [2.05, 4.69) is 20.1 Å². The first-order chi connectivity index (χ1) is 16.0. The average molecular weight is 460 g/mol. The quantitative estimate of drug-likeness (QED) is 0.450. The summed E-state index contributed by atoms with van der Waals surface area (Å²) >= 11 is 0. The van der Waals surface area contributed by atoms with Crippen molar-refractivity contribution < 1.29 is 13.2 Å². The van der Waals surface area contributed by atoms with Crippen LogP contribution in [0.2, 0.25) is 0 Å². The van der Waals surface area contributed by atoms with Crippen LogP contribution in [0.15, 0.2) is 95.9 Å². The maximum absolute atomic E-state index is 12.8. The first kappa shape index (κ1) is 20.8. The lowest BCUT2D eigenvalue weighted by Gasteiger charge is -2.24. The van der Waals surface area contributed by atoms with Gasteiger partial charge in [-0.1, -0.05) is 60.7 Å². The normalized spacial score (nSPS) is 15.2. The van der Waals surface area contributed by atoms with E-state index in [1.54, 1.807) is 30.0 Å². The maximum Gasteiger partial charge on any atom is 0.264 e. The molecule has 4 aromatic rings. The zero-order valence-electron chi connectivity index (χ0n) is 17.7. The van der Waals surface area contributed by atoms with E-state index in [0.717, 1.165) is 22.6 Å². The Morgan fingerprint density at radius 2 is 1.61 bits per heavy atom. The molecule has 1 aliphatic rings. The molecule has 33 heavy (non-hydrogen) atoms. The van der Waals surface area contributed by atoms with Crippen LogP contribution in [0.1, 0.15) is 17.2 Å². The number of rotatable bonds is 6. The molecule has 1 aromatic heterocycles. The Kier molecular flexibility index (Phi) is 5.31. The highest BCUT2D eigenvalue weighted by molar-refractivity contribution is 7.92. The smallest absolute Gasteiger partial charge is 0.264 e. The van der Waals surface area contributed by atoms with Crippen molar-refractivity contribution in [1.82, 2.24) is 14.8 Å². The zero-order valence-corrected chi connectivity index (χ0v) is 18.5. The number of anilines is 2. The third-order valence-electron chi connectivity index (χ3n) is 5.29. The van der Waals surface area contributed by atoms with E-state index < -0.39 is 10.0 Å². The Morgan fingerprint density at radius 1 is 0.939 bits per heavy atom. The molecule has 0 aliphatic carbocycles. The number of allylic oxidation sites excluding steroid dienone is 1. The van der Waals surface area contributed by atoms with Crippen LogP contribution < -0.4 is 14.8 Å². The predicted molar refractivity (Wildman–Crippen MR) is 126 cm³/mol. The summed E-state index contributed by atoms with van der Waals surface area (Å²) in [6.07, 6.45) is 2.04. The third-order valence-corrected chi connectivity index (χ3v) is 6.63. The summed E-state index contributed by atoms with van der Waals surface area (Å²) in [7, 11) is -2.20. The van der Waals surface area contributed by atoms with Gasteiger partial charge in [0.15, 0.2) is 0 Å². The van der Waals surface area contributed by atoms with E-state index in [0.29, 0.717) is 5.95 Å². The van der Waals surface area contributed by atoms with E-state index in [1.807, 2.05) is 60.7 Å². The van der Waals surface area contributed by atoms with Gasteiger partial charge in [0.25, 0.3) is 16.0 Å². The topological polar surface area (TPSA) is 98.1 Å². The van der Waals surface area contributed by atoms with Crippen LogP contribution in [0.3, 0.4) is 0 Å². The van der Waals surface area contributed by atoms with Gasteiger partial charge < -0.3 is 10.1 Å². The number of nitrogens with zero attached hydrogens (tertiary/aromatic N) is 3. The van der Waals surface area contributed by atoms with Crippen molar-refractivity contribution in [3.63, 3.8) is 0 Å². The summed E-state index contributed by atoms with van der Waals surface area (Å²) < 4.78 is 35.0. The van der Waals surface area contributed by atoms with Gasteiger partial charge in [-0.3, -0.25) is 0 Å². The minimum Gasteiger partial charge on any atom is -0.497 e. The molecule has 1 atom stereocenters. The van der Waals surface area contributed by atoms with Gasteiger partial charge in [-0.25, -0.2) is 17.8 Å². The molecule has 8 nitrogen and oxygen atoms in total. The van der Waals surface area contributed by atoms with Gasteiger partial charge in [0.05, 0.1) is 12.0 Å². The van der Waals surface area contributed by atoms with Crippen LogP contribution in [0, 0.1) is 0 Å². The fourth-order valence-electron chi connectivity index (χ4n) is 3.64. The van der Waals surface area contributed by atoms with Crippen molar-refractivity contribution in [2.75, 3.05) is 17.1 Å². The molecular weight excluding hydrogens is 438 g/mol. The Labute approximate surface area is 191 Å². The molecular formula is C24H21N5O3S. The molecule has 2 N–H and O–H groups in total. The second kappa shape index (κ2) is 8.44. The number of ether oxygens (including phenoxy) is 1. The Hall–Kier alpha value is -4.11. The Balaban J connectivity index is 1.54. The number of hydrogen-bond acceptors (Lipinski definition) is 6. The number of aromatic nitrogens is 3. The second-order valence-corrected chi connectivity index (χ2v) is 9.09. The molecule has 0 bridgehead atoms. The van der Waals surface area contributed by atoms with Crippen molar-refractivity contribution in [1.29, 1.82) is 0 Å². The lowest BCUT2D eigenvalue weighted by molar-refractivity contribution is 0.414. The van der Waals surface area contributed by atoms with Crippen LogP contribution in [0.4, 0.5) is 11.9 Å². The third kappa shape index (κ3) is 4.18. The molecule has 0 spiro atoms. The lowest BCUT2D eigenvalue weighted by Crippen LogP contribution is -2.20. The largest absolute Gasteiger partial charge is 0.497 e. The SMILES string of the molecule is COc1ccc([C@H]2C=C(c3ccccc3)Nc3nc(NS(=O)(=O)c4ccccc4)nn32)cc1. The number of methoxy groups -OCH3 is 1. The van der Waals surface area contributed by atoms with Gasteiger partial charge in [-0.2, -0.15) is 4.98 Å². The minimum absolute atomic E-state index is 0.0115. The molecule has 0 radical (unpaired) electrons. The van der Waals surface area contributed by atoms with Gasteiger partial charge >= 0.3 is 0 Å². The van der Waals surface area contributed by atoms with Gasteiger partial charge in [0.1, 0.15) is 11.8 Å². The number of benzene rings is 3. The number of fused-ring (bicyclic) bond motifs is 1. The van der Waals surface area contributed by atoms with Crippen LogP contribution in [0.25, 0.3) is 5.70 Å². The highest BCUT2D eigenvalue weighted by Gasteiger charge is 2.27. The molecule has 0 fully saturated rings. The van der Waals surface area contributed by atoms with Gasteiger partial charge in [-0.05, 0) is 41.5 Å². The van der Waals surface area contributed by atoms with Crippen molar-refractivity contribution in [3.05, 3.63) is 102 Å². The summed E-state index contributed by atoms with van der Waals surface area (Å²) in [5.74, 6) is 1.17. The molecule has 2 heterocycles. The van der Waals surface area contributed by atoms with E-state index in [4.69, 9.17) is 4.74 Å². The fraction of sp³-hybridized carbons (Fsp3) is 0.0833. The molecule has 9 heteroatoms. The average Bonchev–Trinajstić information content (AvgIpc) is 3.26. The molecule has 1 aliphatic heterocycles. The highest BCUT2D eigenvalue weighted by atomic mass is 32.2. The summed E-state index contributed by atoms with van der Waals surface area (Å²) in [4.78, 5) is 4.57. The first-order valence-corrected chi connectivity index (χ1v) is 11.7. The van der Waals surface area contributed by atoms with Gasteiger partial charge in [0, 0.05) is 5.70 Å². The monoisotopic (exact) mass is 459 g/mol. The molecule has 5 rings (SSSR count). The summed E-state index contributed by atoms with van der Waals surface area (Å²) in [5.41, 5.74) is 2.79. The number of hydrogen-bond donors (Lipinski definition) is 2. The van der Waals surface area contributed by atoms with Crippen molar-refractivity contribution >= 4 is 27.6 Å². The zero-order chi connectivity index (χ0) is 22.8. The van der Waals surface area contributed by atoms with Crippen LogP contribution in [-0.2, 0) is 10.0 Å². The van der Waals surface area contributed by atoms with E-state index in [9.17, 15) is 8.42 Å².